The van der Waals surface area contributed by atoms with Crippen LogP contribution in [0.2, 0.25) is 0 Å². The molecule has 1 nitrogen and oxygen atoms in total. The maximum absolute atomic E-state index is 11.8. The van der Waals surface area contributed by atoms with Crippen LogP contribution in [0.5, 0.6) is 0 Å². The molecule has 0 aliphatic rings. The molecule has 1 atom stereocenters. The first-order valence-electron chi connectivity index (χ1n) is 2.68. The Morgan fingerprint density at radius 2 is 2.10 bits per heavy atom. The van der Waals surface area contributed by atoms with E-state index in [1.165, 1.54) is 13.0 Å². The first-order valence-corrected chi connectivity index (χ1v) is 2.68. The highest BCUT2D eigenvalue weighted by atomic mass is 35.5. The lowest BCUT2D eigenvalue weighted by atomic mass is 10.0. The summed E-state index contributed by atoms with van der Waals surface area (Å²) in [5.74, 6) is 0. The Morgan fingerprint density at radius 1 is 1.70 bits per heavy atom. The second-order valence-electron chi connectivity index (χ2n) is 2.30. The zero-order chi connectivity index (χ0) is 7.49. The summed E-state index contributed by atoms with van der Waals surface area (Å²) in [4.78, 5) is 0. The normalized spacial score (nSPS) is 15.7. The molecule has 0 aliphatic heterocycles. The monoisotopic (exact) mass is 171 g/mol. The molecule has 62 valence electrons. The Hall–Kier alpha value is -0.150. The number of hydrogen-bond acceptors (Lipinski definition) is 1. The summed E-state index contributed by atoms with van der Waals surface area (Å²) in [6.45, 7) is 4.62. The summed E-state index contributed by atoms with van der Waals surface area (Å²) in [5, 5.41) is 0. The molecule has 0 aliphatic carbocycles. The summed E-state index contributed by atoms with van der Waals surface area (Å²) < 4.78 is 23.7. The van der Waals surface area contributed by atoms with Crippen LogP contribution in [0.15, 0.2) is 12.7 Å². The van der Waals surface area contributed by atoms with E-state index in [9.17, 15) is 8.78 Å². The van der Waals surface area contributed by atoms with Crippen LogP contribution in [0.4, 0.5) is 8.78 Å². The van der Waals surface area contributed by atoms with Gasteiger partial charge in [-0.1, -0.05) is 6.08 Å². The van der Waals surface area contributed by atoms with Gasteiger partial charge in [0, 0.05) is 0 Å². The smallest absolute Gasteiger partial charge is 0.256 e. The molecule has 0 aromatic rings. The molecule has 0 fully saturated rings. The lowest BCUT2D eigenvalue weighted by molar-refractivity contribution is 0.0654. The molecule has 0 aromatic heterocycles. The van der Waals surface area contributed by atoms with E-state index in [1.807, 2.05) is 0 Å². The van der Waals surface area contributed by atoms with Crippen LogP contribution in [-0.4, -0.2) is 12.0 Å². The van der Waals surface area contributed by atoms with Gasteiger partial charge in [0.25, 0.3) is 6.43 Å². The van der Waals surface area contributed by atoms with Gasteiger partial charge in [-0.3, -0.25) is 0 Å². The summed E-state index contributed by atoms with van der Waals surface area (Å²) in [5.41, 5.74) is 3.75. The lowest BCUT2D eigenvalue weighted by Crippen LogP contribution is -2.43. The minimum absolute atomic E-state index is 0. The fourth-order valence-electron chi connectivity index (χ4n) is 0.400. The molecule has 0 heterocycles. The van der Waals surface area contributed by atoms with Crippen LogP contribution in [-0.2, 0) is 0 Å². The van der Waals surface area contributed by atoms with E-state index in [4.69, 9.17) is 5.73 Å². The second-order valence-corrected chi connectivity index (χ2v) is 2.30. The Labute approximate surface area is 65.7 Å². The highest BCUT2D eigenvalue weighted by molar-refractivity contribution is 5.85. The molecule has 0 spiro atoms. The number of rotatable bonds is 3. The van der Waals surface area contributed by atoms with Crippen molar-refractivity contribution in [3.05, 3.63) is 12.7 Å². The maximum atomic E-state index is 11.8. The third kappa shape index (κ3) is 3.80. The van der Waals surface area contributed by atoms with Crippen molar-refractivity contribution in [1.29, 1.82) is 0 Å². The molecule has 0 saturated heterocycles. The molecule has 2 N–H and O–H groups in total. The van der Waals surface area contributed by atoms with Gasteiger partial charge in [-0.25, -0.2) is 8.78 Å². The van der Waals surface area contributed by atoms with Crippen molar-refractivity contribution in [2.24, 2.45) is 5.73 Å². The van der Waals surface area contributed by atoms with E-state index in [2.05, 4.69) is 6.58 Å². The zero-order valence-electron chi connectivity index (χ0n) is 5.81. The quantitative estimate of drug-likeness (QED) is 0.646. The highest BCUT2D eigenvalue weighted by Gasteiger charge is 2.28. The van der Waals surface area contributed by atoms with Crippen LogP contribution in [0, 0.1) is 0 Å². The standard InChI is InChI=1S/C6H11F2N.ClH/c1-3-4-6(2,9)5(7)8;/h3,5H,1,4,9H2,2H3;1H. The van der Waals surface area contributed by atoms with Crippen LogP contribution in [0.25, 0.3) is 0 Å². The van der Waals surface area contributed by atoms with E-state index in [0.29, 0.717) is 0 Å². The average Bonchev–Trinajstić information content (AvgIpc) is 1.65. The molecule has 0 aromatic carbocycles. The fourth-order valence-corrected chi connectivity index (χ4v) is 0.400. The molecule has 0 saturated carbocycles. The van der Waals surface area contributed by atoms with Gasteiger partial charge in [-0.15, -0.1) is 19.0 Å². The number of hydrogen-bond donors (Lipinski definition) is 1. The van der Waals surface area contributed by atoms with Crippen LogP contribution < -0.4 is 5.73 Å². The Balaban J connectivity index is 0. The minimum Gasteiger partial charge on any atom is -0.320 e. The summed E-state index contributed by atoms with van der Waals surface area (Å²) in [6, 6.07) is 0. The van der Waals surface area contributed by atoms with E-state index in [1.54, 1.807) is 0 Å². The fraction of sp³-hybridized carbons (Fsp3) is 0.667. The number of alkyl halides is 2. The second kappa shape index (κ2) is 4.63. The van der Waals surface area contributed by atoms with Gasteiger partial charge in [0.2, 0.25) is 0 Å². The van der Waals surface area contributed by atoms with E-state index < -0.39 is 12.0 Å². The van der Waals surface area contributed by atoms with E-state index >= 15 is 0 Å². The molecule has 10 heavy (non-hydrogen) atoms. The van der Waals surface area contributed by atoms with Crippen LogP contribution in [0.3, 0.4) is 0 Å². The van der Waals surface area contributed by atoms with Gasteiger partial charge in [0.1, 0.15) is 0 Å². The van der Waals surface area contributed by atoms with Crippen molar-refractivity contribution >= 4 is 12.4 Å². The van der Waals surface area contributed by atoms with Crippen molar-refractivity contribution in [3.8, 4) is 0 Å². The van der Waals surface area contributed by atoms with Crippen LogP contribution in [0.1, 0.15) is 13.3 Å². The van der Waals surface area contributed by atoms with Gasteiger partial charge in [0.15, 0.2) is 0 Å². The molecule has 0 radical (unpaired) electrons. The topological polar surface area (TPSA) is 26.0 Å². The first-order chi connectivity index (χ1) is 4.00. The molecular formula is C6H12ClF2N. The van der Waals surface area contributed by atoms with Gasteiger partial charge in [-0.05, 0) is 13.3 Å². The molecule has 0 bridgehead atoms. The summed E-state index contributed by atoms with van der Waals surface area (Å²) in [6.07, 6.45) is -0.938. The lowest BCUT2D eigenvalue weighted by Gasteiger charge is -2.20. The number of nitrogens with two attached hydrogens (primary N) is 1. The summed E-state index contributed by atoms with van der Waals surface area (Å²) in [7, 11) is 0. The van der Waals surface area contributed by atoms with E-state index in [0.717, 1.165) is 0 Å². The predicted octanol–water partition coefficient (Wildman–Crippen LogP) is 1.97. The van der Waals surface area contributed by atoms with Crippen molar-refractivity contribution < 1.29 is 8.78 Å². The van der Waals surface area contributed by atoms with Crippen molar-refractivity contribution in [3.63, 3.8) is 0 Å². The third-order valence-electron chi connectivity index (χ3n) is 1.08. The number of halogens is 3. The molecule has 0 rings (SSSR count). The highest BCUT2D eigenvalue weighted by Crippen LogP contribution is 2.15. The Morgan fingerprint density at radius 3 is 2.20 bits per heavy atom. The van der Waals surface area contributed by atoms with Crippen LogP contribution >= 0.6 is 12.4 Å². The minimum atomic E-state index is -2.48. The van der Waals surface area contributed by atoms with Crippen molar-refractivity contribution in [1.82, 2.24) is 0 Å². The van der Waals surface area contributed by atoms with Gasteiger partial charge in [0.05, 0.1) is 5.54 Å². The molecule has 4 heteroatoms. The maximum Gasteiger partial charge on any atom is 0.256 e. The van der Waals surface area contributed by atoms with Crippen molar-refractivity contribution in [2.75, 3.05) is 0 Å². The largest absolute Gasteiger partial charge is 0.320 e. The van der Waals surface area contributed by atoms with Gasteiger partial charge in [-0.2, -0.15) is 0 Å². The third-order valence-corrected chi connectivity index (χ3v) is 1.08. The van der Waals surface area contributed by atoms with E-state index in [-0.39, 0.29) is 18.8 Å². The summed E-state index contributed by atoms with van der Waals surface area (Å²) >= 11 is 0. The molecule has 0 amide bonds. The first kappa shape index (κ1) is 12.5. The average molecular weight is 172 g/mol. The molecule has 1 unspecified atom stereocenters. The molecular weight excluding hydrogens is 160 g/mol. The van der Waals surface area contributed by atoms with Crippen molar-refractivity contribution in [2.45, 2.75) is 25.3 Å². The SMILES string of the molecule is C=CCC(C)(N)C(F)F.Cl. The Kier molecular flexibility index (Phi) is 5.80. The Bertz CT molecular complexity index is 104. The van der Waals surface area contributed by atoms with Gasteiger partial charge >= 0.3 is 0 Å². The predicted molar refractivity (Wildman–Crippen MR) is 40.7 cm³/mol. The van der Waals surface area contributed by atoms with Gasteiger partial charge < -0.3 is 5.73 Å². The zero-order valence-corrected chi connectivity index (χ0v) is 6.63.